The first-order chi connectivity index (χ1) is 5.77. The number of carboxylic acid groups (broad SMARTS) is 1. The van der Waals surface area contributed by atoms with Gasteiger partial charge in [0.05, 0.1) is 6.04 Å². The lowest BCUT2D eigenvalue weighted by atomic mass is 9.80. The summed E-state index contributed by atoms with van der Waals surface area (Å²) in [6.45, 7) is 0.465. The number of carbonyl (C=O) groups is 1. The molecule has 1 aliphatic carbocycles. The molecule has 2 aliphatic rings. The van der Waals surface area contributed by atoms with Gasteiger partial charge in [0.25, 0.3) is 5.90 Å². The summed E-state index contributed by atoms with van der Waals surface area (Å²) in [5, 5.41) is 8.55. The molecule has 1 aliphatic heterocycles. The number of ether oxygens (including phenoxy) is 1. The molecule has 1 fully saturated rings. The molecule has 1 heterocycles. The Balaban J connectivity index is 1.98. The first-order valence-corrected chi connectivity index (χ1v) is 4.21. The lowest BCUT2D eigenvalue weighted by molar-refractivity contribution is -0.130. The largest absolute Gasteiger partial charge is 0.474 e. The first-order valence-electron chi connectivity index (χ1n) is 4.21. The van der Waals surface area contributed by atoms with Gasteiger partial charge in [-0.1, -0.05) is 6.42 Å². The highest BCUT2D eigenvalue weighted by Crippen LogP contribution is 2.32. The average molecular weight is 169 g/mol. The number of rotatable bonds is 2. The summed E-state index contributed by atoms with van der Waals surface area (Å²) in [6.07, 6.45) is 3.59. The van der Waals surface area contributed by atoms with E-state index in [1.807, 2.05) is 0 Å². The molecule has 0 amide bonds. The fraction of sp³-hybridized carbons (Fsp3) is 0.750. The minimum Gasteiger partial charge on any atom is -0.474 e. The molecular weight excluding hydrogens is 158 g/mol. The van der Waals surface area contributed by atoms with Gasteiger partial charge in [-0.25, -0.2) is 9.79 Å². The maximum atomic E-state index is 10.4. The smallest absolute Gasteiger partial charge is 0.391 e. The van der Waals surface area contributed by atoms with Crippen LogP contribution in [0.15, 0.2) is 4.99 Å². The molecule has 66 valence electrons. The topological polar surface area (TPSA) is 58.9 Å². The molecule has 0 aromatic carbocycles. The van der Waals surface area contributed by atoms with E-state index < -0.39 is 5.97 Å². The van der Waals surface area contributed by atoms with Crippen molar-refractivity contribution in [2.75, 3.05) is 6.61 Å². The van der Waals surface area contributed by atoms with Crippen LogP contribution >= 0.6 is 0 Å². The highest BCUT2D eigenvalue weighted by Gasteiger charge is 2.33. The van der Waals surface area contributed by atoms with Crippen LogP contribution in [0.25, 0.3) is 0 Å². The summed E-state index contributed by atoms with van der Waals surface area (Å²) in [4.78, 5) is 14.4. The van der Waals surface area contributed by atoms with Crippen molar-refractivity contribution in [3.8, 4) is 0 Å². The van der Waals surface area contributed by atoms with Crippen molar-refractivity contribution in [2.45, 2.75) is 25.3 Å². The van der Waals surface area contributed by atoms with E-state index in [0.717, 1.165) is 0 Å². The second-order valence-corrected chi connectivity index (χ2v) is 3.31. The molecule has 1 unspecified atom stereocenters. The van der Waals surface area contributed by atoms with Crippen molar-refractivity contribution in [3.05, 3.63) is 0 Å². The van der Waals surface area contributed by atoms with Gasteiger partial charge in [0, 0.05) is 0 Å². The minimum atomic E-state index is -1.04. The Morgan fingerprint density at radius 3 is 2.75 bits per heavy atom. The average Bonchev–Trinajstić information content (AvgIpc) is 2.32. The standard InChI is InChI=1S/C8H11NO3/c10-8(11)7-9-6(4-12-7)5-2-1-3-5/h5-6H,1-4H2,(H,10,11). The van der Waals surface area contributed by atoms with Crippen molar-refractivity contribution in [1.29, 1.82) is 0 Å². The molecule has 0 aromatic rings. The molecule has 0 spiro atoms. The van der Waals surface area contributed by atoms with E-state index in [9.17, 15) is 4.79 Å². The Morgan fingerprint density at radius 2 is 2.33 bits per heavy atom. The van der Waals surface area contributed by atoms with E-state index in [2.05, 4.69) is 4.99 Å². The zero-order chi connectivity index (χ0) is 8.55. The minimum absolute atomic E-state index is 0.105. The van der Waals surface area contributed by atoms with Gasteiger partial charge in [-0.2, -0.15) is 0 Å². The zero-order valence-electron chi connectivity index (χ0n) is 6.69. The fourth-order valence-corrected chi connectivity index (χ4v) is 1.57. The molecule has 1 saturated carbocycles. The van der Waals surface area contributed by atoms with Gasteiger partial charge in [0.2, 0.25) is 0 Å². The third-order valence-electron chi connectivity index (χ3n) is 2.55. The number of hydrogen-bond donors (Lipinski definition) is 1. The van der Waals surface area contributed by atoms with Crippen LogP contribution in [0.5, 0.6) is 0 Å². The van der Waals surface area contributed by atoms with Gasteiger partial charge in [-0.05, 0) is 18.8 Å². The number of aliphatic carboxylic acids is 1. The van der Waals surface area contributed by atoms with Gasteiger partial charge < -0.3 is 9.84 Å². The van der Waals surface area contributed by atoms with E-state index in [0.29, 0.717) is 12.5 Å². The lowest BCUT2D eigenvalue weighted by Gasteiger charge is -2.27. The monoisotopic (exact) mass is 169 g/mol. The SMILES string of the molecule is O=C(O)C1=NC(C2CCC2)CO1. The zero-order valence-corrected chi connectivity index (χ0v) is 6.69. The maximum Gasteiger partial charge on any atom is 0.391 e. The molecule has 4 nitrogen and oxygen atoms in total. The lowest BCUT2D eigenvalue weighted by Crippen LogP contribution is -2.26. The Morgan fingerprint density at radius 1 is 1.58 bits per heavy atom. The number of aliphatic imine (C=N–C) groups is 1. The van der Waals surface area contributed by atoms with Crippen LogP contribution in [0, 0.1) is 5.92 Å². The van der Waals surface area contributed by atoms with Crippen molar-refractivity contribution in [3.63, 3.8) is 0 Å². The van der Waals surface area contributed by atoms with E-state index in [-0.39, 0.29) is 11.9 Å². The molecule has 12 heavy (non-hydrogen) atoms. The molecule has 0 aromatic heterocycles. The normalized spacial score (nSPS) is 29.0. The molecular formula is C8H11NO3. The summed E-state index contributed by atoms with van der Waals surface area (Å²) >= 11 is 0. The molecule has 4 heteroatoms. The Kier molecular flexibility index (Phi) is 1.75. The van der Waals surface area contributed by atoms with Crippen molar-refractivity contribution in [1.82, 2.24) is 0 Å². The quantitative estimate of drug-likeness (QED) is 0.660. The Bertz CT molecular complexity index is 232. The molecule has 2 rings (SSSR count). The van der Waals surface area contributed by atoms with Gasteiger partial charge in [0.1, 0.15) is 6.61 Å². The Labute approximate surface area is 70.2 Å². The van der Waals surface area contributed by atoms with Crippen LogP contribution in [0.1, 0.15) is 19.3 Å². The molecule has 1 atom stereocenters. The van der Waals surface area contributed by atoms with E-state index in [4.69, 9.17) is 9.84 Å². The third kappa shape index (κ3) is 1.17. The van der Waals surface area contributed by atoms with Crippen molar-refractivity contribution in [2.24, 2.45) is 10.9 Å². The van der Waals surface area contributed by atoms with Gasteiger partial charge >= 0.3 is 5.97 Å². The van der Waals surface area contributed by atoms with E-state index in [1.54, 1.807) is 0 Å². The van der Waals surface area contributed by atoms with Crippen LogP contribution in [-0.2, 0) is 9.53 Å². The molecule has 0 radical (unpaired) electrons. The summed E-state index contributed by atoms with van der Waals surface area (Å²) in [5.74, 6) is -0.578. The molecule has 0 saturated heterocycles. The number of nitrogens with zero attached hydrogens (tertiary/aromatic N) is 1. The third-order valence-corrected chi connectivity index (χ3v) is 2.55. The second kappa shape index (κ2) is 2.77. The summed E-state index contributed by atoms with van der Waals surface area (Å²) in [5.41, 5.74) is 0. The van der Waals surface area contributed by atoms with E-state index in [1.165, 1.54) is 19.3 Å². The first kappa shape index (κ1) is 7.58. The summed E-state index contributed by atoms with van der Waals surface area (Å²) in [6, 6.07) is 0.116. The summed E-state index contributed by atoms with van der Waals surface area (Å²) in [7, 11) is 0. The van der Waals surface area contributed by atoms with Crippen LogP contribution < -0.4 is 0 Å². The van der Waals surface area contributed by atoms with Crippen LogP contribution in [0.2, 0.25) is 0 Å². The molecule has 0 bridgehead atoms. The van der Waals surface area contributed by atoms with Crippen molar-refractivity contribution >= 4 is 11.9 Å². The highest BCUT2D eigenvalue weighted by molar-refractivity contribution is 6.32. The van der Waals surface area contributed by atoms with Crippen LogP contribution in [0.3, 0.4) is 0 Å². The van der Waals surface area contributed by atoms with Crippen molar-refractivity contribution < 1.29 is 14.6 Å². The van der Waals surface area contributed by atoms with Gasteiger partial charge in [-0.15, -0.1) is 0 Å². The molecule has 1 N–H and O–H groups in total. The predicted molar refractivity (Wildman–Crippen MR) is 42.2 cm³/mol. The van der Waals surface area contributed by atoms with Crippen LogP contribution in [0.4, 0.5) is 0 Å². The highest BCUT2D eigenvalue weighted by atomic mass is 16.5. The van der Waals surface area contributed by atoms with Gasteiger partial charge in [-0.3, -0.25) is 0 Å². The fourth-order valence-electron chi connectivity index (χ4n) is 1.57. The van der Waals surface area contributed by atoms with Crippen LogP contribution in [-0.4, -0.2) is 29.6 Å². The number of carboxylic acids is 1. The maximum absolute atomic E-state index is 10.4. The predicted octanol–water partition coefficient (Wildman–Crippen LogP) is 0.668. The Hall–Kier alpha value is -1.06. The number of hydrogen-bond acceptors (Lipinski definition) is 3. The van der Waals surface area contributed by atoms with Gasteiger partial charge in [0.15, 0.2) is 0 Å². The summed E-state index contributed by atoms with van der Waals surface area (Å²) < 4.78 is 4.93. The second-order valence-electron chi connectivity index (χ2n) is 3.31. The van der Waals surface area contributed by atoms with E-state index >= 15 is 0 Å².